The molecule has 0 aliphatic carbocycles. The molecule has 0 radical (unpaired) electrons. The lowest BCUT2D eigenvalue weighted by Gasteiger charge is -2.20. The SMILES string of the molecule is COc1ccc(S(=O)(=O)N(C)CC(=O)NCc2ccccc2CN2CCCC2=O)cc1OC. The van der Waals surface area contributed by atoms with E-state index in [0.717, 1.165) is 28.4 Å². The zero-order valence-electron chi connectivity index (χ0n) is 19.0. The molecule has 1 saturated heterocycles. The van der Waals surface area contributed by atoms with Gasteiger partial charge in [-0.25, -0.2) is 8.42 Å². The van der Waals surface area contributed by atoms with Gasteiger partial charge in [0, 0.05) is 39.2 Å². The van der Waals surface area contributed by atoms with Crippen LogP contribution in [-0.4, -0.2) is 63.8 Å². The summed E-state index contributed by atoms with van der Waals surface area (Å²) in [5.41, 5.74) is 1.84. The molecule has 1 aliphatic heterocycles. The number of sulfonamides is 1. The first-order chi connectivity index (χ1) is 15.8. The second-order valence-corrected chi connectivity index (χ2v) is 9.79. The molecule has 1 N–H and O–H groups in total. The molecule has 1 fully saturated rings. The molecule has 0 aromatic heterocycles. The van der Waals surface area contributed by atoms with Crippen LogP contribution in [0.3, 0.4) is 0 Å². The standard InChI is InChI=1S/C23H29N3O6S/c1-25(33(29,30)19-10-11-20(31-2)21(13-19)32-3)16-22(27)24-14-17-7-4-5-8-18(17)15-26-12-6-9-23(26)28/h4-5,7-8,10-11,13H,6,9,12,14-16H2,1-3H3,(H,24,27). The van der Waals surface area contributed by atoms with Crippen LogP contribution in [0.15, 0.2) is 47.4 Å². The fourth-order valence-corrected chi connectivity index (χ4v) is 4.80. The Bertz CT molecular complexity index is 1120. The van der Waals surface area contributed by atoms with Gasteiger partial charge in [-0.3, -0.25) is 9.59 Å². The molecule has 0 spiro atoms. The van der Waals surface area contributed by atoms with E-state index in [0.29, 0.717) is 18.7 Å². The minimum Gasteiger partial charge on any atom is -0.493 e. The smallest absolute Gasteiger partial charge is 0.243 e. The summed E-state index contributed by atoms with van der Waals surface area (Å²) in [6.07, 6.45) is 1.43. The van der Waals surface area contributed by atoms with Gasteiger partial charge in [0.05, 0.1) is 25.7 Å². The summed E-state index contributed by atoms with van der Waals surface area (Å²) >= 11 is 0. The molecule has 0 bridgehead atoms. The zero-order valence-corrected chi connectivity index (χ0v) is 19.9. The van der Waals surface area contributed by atoms with Crippen LogP contribution in [-0.2, 0) is 32.7 Å². The molecule has 178 valence electrons. The van der Waals surface area contributed by atoms with Gasteiger partial charge in [0.15, 0.2) is 11.5 Å². The molecule has 2 aromatic rings. The van der Waals surface area contributed by atoms with Crippen molar-refractivity contribution >= 4 is 21.8 Å². The third kappa shape index (κ3) is 5.82. The molecule has 1 heterocycles. The third-order valence-corrected chi connectivity index (χ3v) is 7.36. The van der Waals surface area contributed by atoms with Crippen LogP contribution < -0.4 is 14.8 Å². The molecular formula is C23H29N3O6S. The van der Waals surface area contributed by atoms with E-state index in [4.69, 9.17) is 9.47 Å². The number of likely N-dealkylation sites (N-methyl/N-ethyl adjacent to an activating group) is 1. The summed E-state index contributed by atoms with van der Waals surface area (Å²) in [4.78, 5) is 26.3. The third-order valence-electron chi connectivity index (χ3n) is 5.56. The number of rotatable bonds is 10. The quantitative estimate of drug-likeness (QED) is 0.562. The summed E-state index contributed by atoms with van der Waals surface area (Å²) in [7, 11) is 0.315. The monoisotopic (exact) mass is 475 g/mol. The maximum Gasteiger partial charge on any atom is 0.243 e. The van der Waals surface area contributed by atoms with Crippen LogP contribution in [0.5, 0.6) is 11.5 Å². The minimum absolute atomic E-state index is 0.00363. The number of amides is 2. The predicted molar refractivity (Wildman–Crippen MR) is 122 cm³/mol. The van der Waals surface area contributed by atoms with Gasteiger partial charge in [0.25, 0.3) is 0 Å². The van der Waals surface area contributed by atoms with E-state index in [2.05, 4.69) is 5.32 Å². The summed E-state index contributed by atoms with van der Waals surface area (Å²) < 4.78 is 37.1. The van der Waals surface area contributed by atoms with Gasteiger partial charge in [0.1, 0.15) is 0 Å². The first-order valence-corrected chi connectivity index (χ1v) is 12.0. The average molecular weight is 476 g/mol. The Kier molecular flexibility index (Phi) is 7.93. The summed E-state index contributed by atoms with van der Waals surface area (Å²) in [5.74, 6) is 0.389. The molecule has 33 heavy (non-hydrogen) atoms. The first kappa shape index (κ1) is 24.5. The van der Waals surface area contributed by atoms with Crippen molar-refractivity contribution in [3.63, 3.8) is 0 Å². The van der Waals surface area contributed by atoms with Crippen LogP contribution in [0.25, 0.3) is 0 Å². The number of likely N-dealkylation sites (tertiary alicyclic amines) is 1. The predicted octanol–water partition coefficient (Wildman–Crippen LogP) is 1.76. The second kappa shape index (κ2) is 10.7. The number of nitrogens with one attached hydrogen (secondary N) is 1. The Hall–Kier alpha value is -3.11. The summed E-state index contributed by atoms with van der Waals surface area (Å²) in [6, 6.07) is 11.8. The van der Waals surface area contributed by atoms with Crippen molar-refractivity contribution in [2.24, 2.45) is 0 Å². The van der Waals surface area contributed by atoms with Crippen LogP contribution in [0, 0.1) is 0 Å². The van der Waals surface area contributed by atoms with Gasteiger partial charge in [-0.05, 0) is 29.7 Å². The number of nitrogens with zero attached hydrogens (tertiary/aromatic N) is 2. The highest BCUT2D eigenvalue weighted by Crippen LogP contribution is 2.30. The Balaban J connectivity index is 1.62. The van der Waals surface area contributed by atoms with Crippen molar-refractivity contribution in [2.45, 2.75) is 30.8 Å². The highest BCUT2D eigenvalue weighted by atomic mass is 32.2. The Morgan fingerprint density at radius 1 is 1.09 bits per heavy atom. The van der Waals surface area contributed by atoms with Gasteiger partial charge in [0.2, 0.25) is 21.8 Å². The van der Waals surface area contributed by atoms with E-state index < -0.39 is 15.9 Å². The maximum atomic E-state index is 12.9. The zero-order chi connectivity index (χ0) is 24.0. The Morgan fingerprint density at radius 2 is 1.79 bits per heavy atom. The number of ether oxygens (including phenoxy) is 2. The van der Waals surface area contributed by atoms with Crippen molar-refractivity contribution in [1.82, 2.24) is 14.5 Å². The van der Waals surface area contributed by atoms with E-state index in [1.54, 1.807) is 0 Å². The number of methoxy groups -OCH3 is 2. The molecule has 0 atom stereocenters. The molecule has 0 unspecified atom stereocenters. The molecule has 1 aliphatic rings. The van der Waals surface area contributed by atoms with Gasteiger partial charge < -0.3 is 19.7 Å². The molecule has 2 aromatic carbocycles. The Morgan fingerprint density at radius 3 is 2.42 bits per heavy atom. The van der Waals surface area contributed by atoms with Crippen molar-refractivity contribution in [2.75, 3.05) is 34.4 Å². The maximum absolute atomic E-state index is 12.9. The molecule has 10 heteroatoms. The molecule has 2 amide bonds. The normalized spacial score (nSPS) is 13.9. The van der Waals surface area contributed by atoms with Gasteiger partial charge >= 0.3 is 0 Å². The van der Waals surface area contributed by atoms with Crippen LogP contribution in [0.1, 0.15) is 24.0 Å². The summed E-state index contributed by atoms with van der Waals surface area (Å²) in [6.45, 7) is 1.13. The highest BCUT2D eigenvalue weighted by molar-refractivity contribution is 7.89. The largest absolute Gasteiger partial charge is 0.493 e. The molecular weight excluding hydrogens is 446 g/mol. The first-order valence-electron chi connectivity index (χ1n) is 10.6. The lowest BCUT2D eigenvalue weighted by atomic mass is 10.1. The minimum atomic E-state index is -3.91. The topological polar surface area (TPSA) is 105 Å². The number of carbonyl (C=O) groups excluding carboxylic acids is 2. The van der Waals surface area contributed by atoms with Gasteiger partial charge in [-0.15, -0.1) is 0 Å². The number of hydrogen-bond donors (Lipinski definition) is 1. The number of carbonyl (C=O) groups is 2. The fourth-order valence-electron chi connectivity index (χ4n) is 3.65. The number of hydrogen-bond acceptors (Lipinski definition) is 6. The second-order valence-electron chi connectivity index (χ2n) is 7.74. The fraction of sp³-hybridized carbons (Fsp3) is 0.391. The van der Waals surface area contributed by atoms with E-state index in [1.165, 1.54) is 39.5 Å². The van der Waals surface area contributed by atoms with E-state index in [-0.39, 0.29) is 29.6 Å². The Labute approximate surface area is 194 Å². The van der Waals surface area contributed by atoms with E-state index in [9.17, 15) is 18.0 Å². The van der Waals surface area contributed by atoms with E-state index in [1.807, 2.05) is 29.2 Å². The van der Waals surface area contributed by atoms with Crippen LogP contribution in [0.4, 0.5) is 0 Å². The van der Waals surface area contributed by atoms with Crippen LogP contribution in [0.2, 0.25) is 0 Å². The van der Waals surface area contributed by atoms with Crippen molar-refractivity contribution in [1.29, 1.82) is 0 Å². The van der Waals surface area contributed by atoms with Gasteiger partial charge in [-0.2, -0.15) is 4.31 Å². The van der Waals surface area contributed by atoms with Crippen LogP contribution >= 0.6 is 0 Å². The summed E-state index contributed by atoms with van der Waals surface area (Å²) in [5, 5.41) is 2.78. The average Bonchev–Trinajstić information content (AvgIpc) is 3.22. The molecule has 3 rings (SSSR count). The van der Waals surface area contributed by atoms with Crippen molar-refractivity contribution < 1.29 is 27.5 Å². The number of benzene rings is 2. The van der Waals surface area contributed by atoms with Gasteiger partial charge in [-0.1, -0.05) is 24.3 Å². The van der Waals surface area contributed by atoms with E-state index >= 15 is 0 Å². The lowest BCUT2D eigenvalue weighted by Crippen LogP contribution is -2.38. The van der Waals surface area contributed by atoms with Crippen molar-refractivity contribution in [3.05, 3.63) is 53.6 Å². The highest BCUT2D eigenvalue weighted by Gasteiger charge is 2.25. The lowest BCUT2D eigenvalue weighted by molar-refractivity contribution is -0.128. The van der Waals surface area contributed by atoms with Crippen molar-refractivity contribution in [3.8, 4) is 11.5 Å². The molecule has 0 saturated carbocycles. The molecule has 9 nitrogen and oxygen atoms in total.